The van der Waals surface area contributed by atoms with Crippen molar-refractivity contribution in [1.29, 1.82) is 0 Å². The number of nitrogens with zero attached hydrogens (tertiary/aromatic N) is 2. The summed E-state index contributed by atoms with van der Waals surface area (Å²) in [4.78, 5) is 0. The summed E-state index contributed by atoms with van der Waals surface area (Å²) >= 11 is 0.0331. The predicted molar refractivity (Wildman–Crippen MR) is 67.8 cm³/mol. The van der Waals surface area contributed by atoms with E-state index in [9.17, 15) is 8.28 Å². The molecule has 0 aliphatic heterocycles. The summed E-state index contributed by atoms with van der Waals surface area (Å²) in [6, 6.07) is 5.96. The first-order valence-electron chi connectivity index (χ1n) is 5.32. The lowest BCUT2D eigenvalue weighted by Gasteiger charge is -1.97. The molecule has 0 N–H and O–H groups in total. The zero-order chi connectivity index (χ0) is 12.8. The van der Waals surface area contributed by atoms with E-state index in [2.05, 4.69) is 5.10 Å². The summed E-state index contributed by atoms with van der Waals surface area (Å²) in [5.74, 6) is -0.296. The van der Waals surface area contributed by atoms with E-state index in [-0.39, 0.29) is 18.2 Å². The minimum absolute atomic E-state index is 0.0331. The third-order valence-corrected chi connectivity index (χ3v) is 2.39. The van der Waals surface area contributed by atoms with Crippen LogP contribution in [0.4, 0.5) is 8.28 Å². The molecule has 0 saturated heterocycles. The van der Waals surface area contributed by atoms with E-state index in [0.717, 1.165) is 15.2 Å². The minimum atomic E-state index is -0.296. The second-order valence-electron chi connectivity index (χ2n) is 3.14. The van der Waals surface area contributed by atoms with Gasteiger partial charge in [0, 0.05) is 11.8 Å². The molecule has 1 aromatic heterocycles. The average molecular weight is 256 g/mol. The van der Waals surface area contributed by atoms with Gasteiger partial charge < -0.3 is 0 Å². The van der Waals surface area contributed by atoms with Gasteiger partial charge in [0.2, 0.25) is 0 Å². The van der Waals surface area contributed by atoms with Gasteiger partial charge >= 0.3 is 0 Å². The van der Waals surface area contributed by atoms with Crippen LogP contribution in [0.15, 0.2) is 30.5 Å². The van der Waals surface area contributed by atoms with E-state index < -0.39 is 0 Å². The third-order valence-electron chi connectivity index (χ3n) is 2.06. The summed E-state index contributed by atoms with van der Waals surface area (Å²) in [5.41, 5.74) is 2.30. The Bertz CT molecular complexity index is 466. The summed E-state index contributed by atoms with van der Waals surface area (Å²) in [5, 5.41) is 4.01. The minimum Gasteiger partial charge on any atom is -0.207 e. The highest BCUT2D eigenvalue weighted by molar-refractivity contribution is 7.92. The standard InChI is InChI=1S/C10H8F2N2S.C2H6/c1-7-6-14(15-12)13-10(7)8-2-4-9(11)5-3-8;1-2/h2-6H,1H3;1-2H3. The summed E-state index contributed by atoms with van der Waals surface area (Å²) < 4.78 is 26.1. The van der Waals surface area contributed by atoms with Crippen LogP contribution in [-0.4, -0.2) is 9.19 Å². The molecule has 2 rings (SSSR count). The number of aromatic nitrogens is 2. The lowest BCUT2D eigenvalue weighted by atomic mass is 10.1. The van der Waals surface area contributed by atoms with Crippen LogP contribution in [0.5, 0.6) is 0 Å². The Morgan fingerprint density at radius 2 is 1.76 bits per heavy atom. The summed E-state index contributed by atoms with van der Waals surface area (Å²) in [7, 11) is 0. The van der Waals surface area contributed by atoms with E-state index in [1.165, 1.54) is 12.1 Å². The van der Waals surface area contributed by atoms with Crippen LogP contribution < -0.4 is 0 Å². The first-order chi connectivity index (χ1) is 8.20. The predicted octanol–water partition coefficient (Wildman–Crippen LogP) is 4.40. The van der Waals surface area contributed by atoms with Crippen molar-refractivity contribution in [2.24, 2.45) is 0 Å². The van der Waals surface area contributed by atoms with Gasteiger partial charge in [0.05, 0.1) is 5.69 Å². The first kappa shape index (κ1) is 13.7. The van der Waals surface area contributed by atoms with Crippen molar-refractivity contribution in [3.8, 4) is 11.3 Å². The maximum absolute atomic E-state index is 12.7. The molecule has 0 bridgehead atoms. The highest BCUT2D eigenvalue weighted by Gasteiger charge is 2.07. The van der Waals surface area contributed by atoms with Crippen molar-refractivity contribution in [1.82, 2.24) is 9.19 Å². The van der Waals surface area contributed by atoms with Crippen LogP contribution in [0.1, 0.15) is 19.4 Å². The molecule has 5 heteroatoms. The lowest BCUT2D eigenvalue weighted by Crippen LogP contribution is -1.85. The van der Waals surface area contributed by atoms with Crippen molar-refractivity contribution in [3.05, 3.63) is 41.8 Å². The Morgan fingerprint density at radius 1 is 1.18 bits per heavy atom. The molecule has 0 aliphatic rings. The van der Waals surface area contributed by atoms with E-state index in [0.29, 0.717) is 5.69 Å². The fourth-order valence-corrected chi connectivity index (χ4v) is 1.67. The lowest BCUT2D eigenvalue weighted by molar-refractivity contribution is 0.628. The zero-order valence-electron chi connectivity index (χ0n) is 9.95. The van der Waals surface area contributed by atoms with Gasteiger partial charge in [0.25, 0.3) is 0 Å². The van der Waals surface area contributed by atoms with E-state index in [4.69, 9.17) is 0 Å². The largest absolute Gasteiger partial charge is 0.207 e. The maximum atomic E-state index is 12.7. The van der Waals surface area contributed by atoms with E-state index >= 15 is 0 Å². The SMILES string of the molecule is CC.Cc1cn(SF)nc1-c1ccc(F)cc1. The molecule has 0 fully saturated rings. The van der Waals surface area contributed by atoms with Gasteiger partial charge in [-0.05, 0) is 36.8 Å². The quantitative estimate of drug-likeness (QED) is 0.792. The fraction of sp³-hybridized carbons (Fsp3) is 0.250. The van der Waals surface area contributed by atoms with Crippen molar-refractivity contribution in [2.75, 3.05) is 0 Å². The third kappa shape index (κ3) is 3.30. The molecule has 0 atom stereocenters. The smallest absolute Gasteiger partial charge is 0.187 e. The number of benzene rings is 1. The van der Waals surface area contributed by atoms with E-state index in [1.54, 1.807) is 18.3 Å². The molecule has 2 aromatic rings. The van der Waals surface area contributed by atoms with Gasteiger partial charge in [-0.2, -0.15) is 9.19 Å². The van der Waals surface area contributed by atoms with Gasteiger partial charge in [-0.25, -0.2) is 4.39 Å². The molecule has 0 saturated carbocycles. The molecule has 2 nitrogen and oxygen atoms in total. The number of hydrogen-bond acceptors (Lipinski definition) is 2. The molecule has 1 heterocycles. The van der Waals surface area contributed by atoms with Crippen LogP contribution in [0.25, 0.3) is 11.3 Å². The highest BCUT2D eigenvalue weighted by Crippen LogP contribution is 2.23. The Hall–Kier alpha value is -1.36. The van der Waals surface area contributed by atoms with Gasteiger partial charge in [-0.3, -0.25) is 0 Å². The van der Waals surface area contributed by atoms with Gasteiger partial charge in [-0.1, -0.05) is 13.8 Å². The van der Waals surface area contributed by atoms with Crippen molar-refractivity contribution in [2.45, 2.75) is 20.8 Å². The number of aryl methyl sites for hydroxylation is 1. The van der Waals surface area contributed by atoms with Crippen LogP contribution in [0.2, 0.25) is 0 Å². The molecule has 17 heavy (non-hydrogen) atoms. The second kappa shape index (κ2) is 6.39. The topological polar surface area (TPSA) is 17.8 Å². The second-order valence-corrected chi connectivity index (χ2v) is 3.65. The summed E-state index contributed by atoms with van der Waals surface area (Å²) in [6.07, 6.45) is 1.59. The number of rotatable bonds is 2. The maximum Gasteiger partial charge on any atom is 0.187 e. The number of hydrogen-bond donors (Lipinski definition) is 0. The van der Waals surface area contributed by atoms with Crippen LogP contribution in [0, 0.1) is 12.7 Å². The molecule has 0 radical (unpaired) electrons. The zero-order valence-corrected chi connectivity index (χ0v) is 10.8. The van der Waals surface area contributed by atoms with Gasteiger partial charge in [-0.15, -0.1) is 3.89 Å². The normalized spacial score (nSPS) is 9.71. The van der Waals surface area contributed by atoms with Crippen molar-refractivity contribution in [3.63, 3.8) is 0 Å². The van der Waals surface area contributed by atoms with Gasteiger partial charge in [0.1, 0.15) is 5.82 Å². The van der Waals surface area contributed by atoms with Crippen molar-refractivity contribution >= 4 is 12.3 Å². The van der Waals surface area contributed by atoms with Crippen LogP contribution in [-0.2, 0) is 0 Å². The van der Waals surface area contributed by atoms with Crippen molar-refractivity contribution < 1.29 is 8.28 Å². The van der Waals surface area contributed by atoms with E-state index in [1.807, 2.05) is 20.8 Å². The first-order valence-corrected chi connectivity index (χ1v) is 5.99. The number of halogens is 2. The summed E-state index contributed by atoms with van der Waals surface area (Å²) in [6.45, 7) is 5.83. The Morgan fingerprint density at radius 3 is 2.24 bits per heavy atom. The van der Waals surface area contributed by atoms with Crippen LogP contribution >= 0.6 is 12.3 Å². The molecule has 0 aliphatic carbocycles. The van der Waals surface area contributed by atoms with Crippen LogP contribution in [0.3, 0.4) is 0 Å². The Kier molecular flexibility index (Phi) is 5.15. The molecule has 1 aromatic carbocycles. The molecule has 92 valence electrons. The molecule has 0 spiro atoms. The monoisotopic (exact) mass is 256 g/mol. The Labute approximate surface area is 104 Å². The highest BCUT2D eigenvalue weighted by atomic mass is 32.2. The Balaban J connectivity index is 0.000000686. The molecular formula is C12H14F2N2S. The van der Waals surface area contributed by atoms with Gasteiger partial charge in [0.15, 0.2) is 12.3 Å². The molecule has 0 amide bonds. The molecular weight excluding hydrogens is 242 g/mol. The fourth-order valence-electron chi connectivity index (χ4n) is 1.36. The molecule has 0 unspecified atom stereocenters. The average Bonchev–Trinajstić information content (AvgIpc) is 2.74.